The summed E-state index contributed by atoms with van der Waals surface area (Å²) in [4.78, 5) is 10.8. The van der Waals surface area contributed by atoms with Crippen molar-refractivity contribution in [1.82, 2.24) is 24.4 Å². The molecule has 0 spiro atoms. The smallest absolute Gasteiger partial charge is 0.230 e. The van der Waals surface area contributed by atoms with Crippen LogP contribution in [0.5, 0.6) is 11.6 Å². The molecule has 1 fully saturated rings. The van der Waals surface area contributed by atoms with E-state index in [1.807, 2.05) is 26.0 Å². The van der Waals surface area contributed by atoms with Gasteiger partial charge in [-0.3, -0.25) is 4.90 Å². The Labute approximate surface area is 162 Å². The zero-order valence-corrected chi connectivity index (χ0v) is 16.7. The van der Waals surface area contributed by atoms with Gasteiger partial charge >= 0.3 is 0 Å². The van der Waals surface area contributed by atoms with E-state index in [9.17, 15) is 5.11 Å². The number of fused-ring (bicyclic) bond motifs is 1. The maximum atomic E-state index is 10.9. The zero-order valence-electron chi connectivity index (χ0n) is 15.9. The predicted octanol–water partition coefficient (Wildman–Crippen LogP) is 2.54. The standard InChI is InChI=1S/C19H25N5O2S/c1-4-26-15-7-5-14(6-8-15)16(23-11-9-22(3)10-12-23)17-18(25)24-19(27-17)20-13(2)21-24/h5-8,16,25H,4,9-12H2,1-3H3/t16-/m1/s1. The molecule has 7 nitrogen and oxygen atoms in total. The number of piperazine rings is 1. The predicted molar refractivity (Wildman–Crippen MR) is 106 cm³/mol. The molecule has 27 heavy (non-hydrogen) atoms. The number of aryl methyl sites for hydroxylation is 1. The number of aromatic hydroxyl groups is 1. The topological polar surface area (TPSA) is 66.1 Å². The third-order valence-corrected chi connectivity index (χ3v) is 6.04. The fourth-order valence-electron chi connectivity index (χ4n) is 3.55. The summed E-state index contributed by atoms with van der Waals surface area (Å²) in [6, 6.07) is 8.16. The highest BCUT2D eigenvalue weighted by Gasteiger charge is 2.31. The van der Waals surface area contributed by atoms with Gasteiger partial charge in [0.1, 0.15) is 11.6 Å². The van der Waals surface area contributed by atoms with Crippen LogP contribution in [-0.4, -0.2) is 69.3 Å². The van der Waals surface area contributed by atoms with Crippen molar-refractivity contribution in [2.45, 2.75) is 19.9 Å². The summed E-state index contributed by atoms with van der Waals surface area (Å²) < 4.78 is 7.14. The molecule has 2 aromatic heterocycles. The Kier molecular flexibility index (Phi) is 5.03. The lowest BCUT2D eigenvalue weighted by atomic mass is 10.0. The Bertz CT molecular complexity index is 912. The van der Waals surface area contributed by atoms with Crippen LogP contribution in [0.25, 0.3) is 4.96 Å². The van der Waals surface area contributed by atoms with E-state index in [1.165, 1.54) is 11.3 Å². The van der Waals surface area contributed by atoms with Gasteiger partial charge < -0.3 is 14.7 Å². The molecule has 8 heteroatoms. The number of nitrogens with zero attached hydrogens (tertiary/aromatic N) is 5. The van der Waals surface area contributed by atoms with Gasteiger partial charge in [-0.05, 0) is 38.6 Å². The number of likely N-dealkylation sites (N-methyl/N-ethyl adjacent to an activating group) is 1. The molecule has 1 aliphatic rings. The van der Waals surface area contributed by atoms with Crippen LogP contribution in [-0.2, 0) is 0 Å². The molecular formula is C19H25N5O2S. The maximum absolute atomic E-state index is 10.9. The number of hydrogen-bond donors (Lipinski definition) is 1. The van der Waals surface area contributed by atoms with Gasteiger partial charge in [-0.1, -0.05) is 23.5 Å². The van der Waals surface area contributed by atoms with Gasteiger partial charge in [0.25, 0.3) is 0 Å². The molecule has 144 valence electrons. The van der Waals surface area contributed by atoms with Crippen molar-refractivity contribution in [3.8, 4) is 11.6 Å². The number of aromatic nitrogens is 3. The molecule has 1 atom stereocenters. The van der Waals surface area contributed by atoms with Gasteiger partial charge in [0.15, 0.2) is 0 Å². The monoisotopic (exact) mass is 387 g/mol. The van der Waals surface area contributed by atoms with Gasteiger partial charge in [0, 0.05) is 26.2 Å². The van der Waals surface area contributed by atoms with E-state index in [-0.39, 0.29) is 11.9 Å². The second-order valence-electron chi connectivity index (χ2n) is 6.89. The summed E-state index contributed by atoms with van der Waals surface area (Å²) in [7, 11) is 2.15. The largest absolute Gasteiger partial charge is 0.494 e. The van der Waals surface area contributed by atoms with E-state index in [4.69, 9.17) is 4.74 Å². The van der Waals surface area contributed by atoms with Crippen molar-refractivity contribution in [3.05, 3.63) is 40.5 Å². The summed E-state index contributed by atoms with van der Waals surface area (Å²) in [6.07, 6.45) is 0. The third kappa shape index (κ3) is 3.52. The average molecular weight is 388 g/mol. The first kappa shape index (κ1) is 18.2. The Morgan fingerprint density at radius 2 is 1.89 bits per heavy atom. The van der Waals surface area contributed by atoms with Gasteiger partial charge in [0.05, 0.1) is 17.5 Å². The summed E-state index contributed by atoms with van der Waals surface area (Å²) >= 11 is 1.51. The van der Waals surface area contributed by atoms with Gasteiger partial charge in [-0.25, -0.2) is 4.98 Å². The third-order valence-electron chi connectivity index (χ3n) is 4.96. The second-order valence-corrected chi connectivity index (χ2v) is 7.90. The van der Waals surface area contributed by atoms with Crippen LogP contribution in [0.1, 0.15) is 29.2 Å². The minimum Gasteiger partial charge on any atom is -0.494 e. The van der Waals surface area contributed by atoms with Crippen molar-refractivity contribution in [3.63, 3.8) is 0 Å². The maximum Gasteiger partial charge on any atom is 0.230 e. The summed E-state index contributed by atoms with van der Waals surface area (Å²) in [5, 5.41) is 15.2. The highest BCUT2D eigenvalue weighted by molar-refractivity contribution is 7.17. The van der Waals surface area contributed by atoms with Crippen molar-refractivity contribution in [2.75, 3.05) is 39.8 Å². The first-order valence-corrected chi connectivity index (χ1v) is 10.1. The molecule has 0 amide bonds. The number of benzene rings is 1. The van der Waals surface area contributed by atoms with Crippen LogP contribution >= 0.6 is 11.3 Å². The van der Waals surface area contributed by atoms with Gasteiger partial charge in [-0.2, -0.15) is 4.52 Å². The highest BCUT2D eigenvalue weighted by atomic mass is 32.1. The van der Waals surface area contributed by atoms with E-state index < -0.39 is 0 Å². The molecule has 0 saturated carbocycles. The SMILES string of the molecule is CCOc1ccc([C@H](c2sc3nc(C)nn3c2O)N2CCN(C)CC2)cc1. The summed E-state index contributed by atoms with van der Waals surface area (Å²) in [6.45, 7) is 8.37. The molecule has 3 aromatic rings. The summed E-state index contributed by atoms with van der Waals surface area (Å²) in [5.41, 5.74) is 1.14. The Balaban J connectivity index is 1.74. The van der Waals surface area contributed by atoms with E-state index in [0.29, 0.717) is 12.4 Å². The molecule has 1 aliphatic heterocycles. The van der Waals surface area contributed by atoms with Gasteiger partial charge in [0.2, 0.25) is 10.8 Å². The van der Waals surface area contributed by atoms with Crippen molar-refractivity contribution in [2.24, 2.45) is 0 Å². The molecular weight excluding hydrogens is 362 g/mol. The first-order chi connectivity index (χ1) is 13.1. The lowest BCUT2D eigenvalue weighted by Crippen LogP contribution is -2.46. The first-order valence-electron chi connectivity index (χ1n) is 9.27. The number of ether oxygens (including phenoxy) is 1. The average Bonchev–Trinajstić information content (AvgIpc) is 3.16. The molecule has 1 aromatic carbocycles. The molecule has 0 radical (unpaired) electrons. The van der Waals surface area contributed by atoms with E-state index in [0.717, 1.165) is 47.3 Å². The second kappa shape index (κ2) is 7.46. The minimum absolute atomic E-state index is 0.0248. The van der Waals surface area contributed by atoms with E-state index in [1.54, 1.807) is 4.52 Å². The van der Waals surface area contributed by atoms with Crippen LogP contribution in [0, 0.1) is 6.92 Å². The fourth-order valence-corrected chi connectivity index (χ4v) is 4.71. The van der Waals surface area contributed by atoms with Crippen LogP contribution < -0.4 is 4.74 Å². The van der Waals surface area contributed by atoms with Crippen LogP contribution in [0.15, 0.2) is 24.3 Å². The fraction of sp³-hybridized carbons (Fsp3) is 0.474. The molecule has 3 heterocycles. The summed E-state index contributed by atoms with van der Waals surface area (Å²) in [5.74, 6) is 1.72. The van der Waals surface area contributed by atoms with E-state index in [2.05, 4.69) is 39.1 Å². The van der Waals surface area contributed by atoms with Crippen LogP contribution in [0.3, 0.4) is 0 Å². The van der Waals surface area contributed by atoms with Crippen LogP contribution in [0.2, 0.25) is 0 Å². The Morgan fingerprint density at radius 3 is 2.52 bits per heavy atom. The normalized spacial score (nSPS) is 17.4. The Hall–Kier alpha value is -2.16. The molecule has 1 saturated heterocycles. The highest BCUT2D eigenvalue weighted by Crippen LogP contribution is 2.40. The number of thiazole rings is 1. The number of rotatable bonds is 5. The minimum atomic E-state index is -0.0248. The van der Waals surface area contributed by atoms with Crippen LogP contribution in [0.4, 0.5) is 0 Å². The zero-order chi connectivity index (χ0) is 19.0. The molecule has 1 N–H and O–H groups in total. The molecule has 0 aliphatic carbocycles. The quantitative estimate of drug-likeness (QED) is 0.726. The lowest BCUT2D eigenvalue weighted by molar-refractivity contribution is 0.127. The van der Waals surface area contributed by atoms with Crippen molar-refractivity contribution in [1.29, 1.82) is 0 Å². The van der Waals surface area contributed by atoms with E-state index >= 15 is 0 Å². The van der Waals surface area contributed by atoms with Gasteiger partial charge in [-0.15, -0.1) is 5.10 Å². The molecule has 0 unspecified atom stereocenters. The Morgan fingerprint density at radius 1 is 1.19 bits per heavy atom. The van der Waals surface area contributed by atoms with Crippen molar-refractivity contribution < 1.29 is 9.84 Å². The number of hydrogen-bond acceptors (Lipinski definition) is 7. The van der Waals surface area contributed by atoms with Crippen molar-refractivity contribution >= 4 is 16.3 Å². The lowest BCUT2D eigenvalue weighted by Gasteiger charge is -2.37. The molecule has 4 rings (SSSR count). The molecule has 0 bridgehead atoms.